The van der Waals surface area contributed by atoms with Crippen LogP contribution >= 0.6 is 0 Å². The van der Waals surface area contributed by atoms with E-state index in [-0.39, 0.29) is 47.3 Å². The Morgan fingerprint density at radius 2 is 2.00 bits per heavy atom. The molecule has 4 rings (SSSR count). The van der Waals surface area contributed by atoms with Crippen LogP contribution in [0.15, 0.2) is 11.1 Å². The van der Waals surface area contributed by atoms with E-state index in [1.165, 1.54) is 0 Å². The minimum absolute atomic E-state index is 0.00857. The number of fused-ring (bicyclic) bond motifs is 5. The Bertz CT molecular complexity index is 534. The van der Waals surface area contributed by atoms with Crippen molar-refractivity contribution >= 4 is 11.8 Å². The van der Waals surface area contributed by atoms with Gasteiger partial charge in [0.2, 0.25) is 0 Å². The third kappa shape index (κ3) is 1.23. The van der Waals surface area contributed by atoms with E-state index in [1.54, 1.807) is 0 Å². The molecule has 0 radical (unpaired) electrons. The highest BCUT2D eigenvalue weighted by molar-refractivity contribution is 6.03. The van der Waals surface area contributed by atoms with Crippen molar-refractivity contribution in [2.45, 2.75) is 51.9 Å². The van der Waals surface area contributed by atoms with Gasteiger partial charge in [-0.25, -0.2) is 0 Å². The first-order valence-corrected chi connectivity index (χ1v) is 7.06. The Balaban J connectivity index is 1.85. The van der Waals surface area contributed by atoms with E-state index in [4.69, 9.17) is 9.47 Å². The molecule has 0 aromatic rings. The number of rotatable bonds is 0. The fraction of sp³-hybridized carbons (Fsp3) is 0.733. The van der Waals surface area contributed by atoms with Crippen molar-refractivity contribution in [3.63, 3.8) is 0 Å². The maximum Gasteiger partial charge on any atom is 0.309 e. The molecule has 102 valence electrons. The van der Waals surface area contributed by atoms with Crippen molar-refractivity contribution in [3.8, 4) is 0 Å². The van der Waals surface area contributed by atoms with Gasteiger partial charge in [0, 0.05) is 11.3 Å². The number of ether oxygens (including phenoxy) is 2. The molecule has 4 aliphatic rings. The summed E-state index contributed by atoms with van der Waals surface area (Å²) >= 11 is 0. The molecule has 0 N–H and O–H groups in total. The number of Topliss-reactive ketones (excluding diaryl/α,β-unsaturated/α-hetero) is 1. The predicted molar refractivity (Wildman–Crippen MR) is 66.2 cm³/mol. The topological polar surface area (TPSA) is 55.9 Å². The molecule has 3 fully saturated rings. The number of hydrogen-bond donors (Lipinski definition) is 0. The Morgan fingerprint density at radius 3 is 2.74 bits per heavy atom. The standard InChI is InChI=1S/C15H18O4/c1-6-8-4-5-15(3)9(11(8)19-14(6)17)7(2)10(16)12-13(15)18-12/h6,8,11-13H,4-5H2,1-3H3/t6-,8-,11-,12+,13+,15-/m1/s1. The molecular formula is C15H18O4. The number of esters is 1. The average Bonchev–Trinajstić information content (AvgIpc) is 3.12. The number of hydrogen-bond acceptors (Lipinski definition) is 4. The van der Waals surface area contributed by atoms with Crippen molar-refractivity contribution in [1.29, 1.82) is 0 Å². The highest BCUT2D eigenvalue weighted by Gasteiger charge is 2.66. The lowest BCUT2D eigenvalue weighted by molar-refractivity contribution is -0.143. The van der Waals surface area contributed by atoms with Crippen LogP contribution in [0.25, 0.3) is 0 Å². The molecule has 0 unspecified atom stereocenters. The van der Waals surface area contributed by atoms with Gasteiger partial charge >= 0.3 is 5.97 Å². The lowest BCUT2D eigenvalue weighted by Crippen LogP contribution is -2.46. The normalized spacial score (nSPS) is 51.4. The monoisotopic (exact) mass is 262 g/mol. The third-order valence-corrected chi connectivity index (χ3v) is 5.69. The van der Waals surface area contributed by atoms with Crippen LogP contribution in [0.4, 0.5) is 0 Å². The molecule has 4 nitrogen and oxygen atoms in total. The maximum absolute atomic E-state index is 12.2. The number of carbonyl (C=O) groups excluding carboxylic acids is 2. The molecule has 6 atom stereocenters. The highest BCUT2D eigenvalue weighted by atomic mass is 16.6. The minimum Gasteiger partial charge on any atom is -0.457 e. The summed E-state index contributed by atoms with van der Waals surface area (Å²) in [5, 5.41) is 0. The molecule has 1 saturated carbocycles. The highest BCUT2D eigenvalue weighted by Crippen LogP contribution is 2.59. The second-order valence-electron chi connectivity index (χ2n) is 6.65. The van der Waals surface area contributed by atoms with E-state index >= 15 is 0 Å². The van der Waals surface area contributed by atoms with E-state index in [2.05, 4.69) is 6.92 Å². The van der Waals surface area contributed by atoms with Gasteiger partial charge in [0.25, 0.3) is 0 Å². The van der Waals surface area contributed by atoms with Crippen LogP contribution in [0, 0.1) is 17.3 Å². The lowest BCUT2D eigenvalue weighted by Gasteiger charge is -2.43. The molecule has 19 heavy (non-hydrogen) atoms. The van der Waals surface area contributed by atoms with Gasteiger partial charge < -0.3 is 9.47 Å². The number of ketones is 1. The second kappa shape index (κ2) is 3.29. The van der Waals surface area contributed by atoms with E-state index in [0.29, 0.717) is 0 Å². The summed E-state index contributed by atoms with van der Waals surface area (Å²) in [7, 11) is 0. The summed E-state index contributed by atoms with van der Waals surface area (Å²) in [6.07, 6.45) is 1.53. The minimum atomic E-state index is -0.236. The molecule has 2 saturated heterocycles. The SMILES string of the molecule is CC1=C2[C@@H]3OC(=O)[C@H](C)[C@H]3CC[C@@]2(C)[C@H]2O[C@H]2C1=O. The Morgan fingerprint density at radius 1 is 1.26 bits per heavy atom. The van der Waals surface area contributed by atoms with Gasteiger partial charge in [0.05, 0.1) is 5.92 Å². The quantitative estimate of drug-likeness (QED) is 0.492. The van der Waals surface area contributed by atoms with Gasteiger partial charge in [-0.3, -0.25) is 9.59 Å². The number of epoxide rings is 1. The van der Waals surface area contributed by atoms with Gasteiger partial charge in [0.1, 0.15) is 18.3 Å². The molecular weight excluding hydrogens is 244 g/mol. The molecule has 4 heteroatoms. The zero-order chi connectivity index (χ0) is 13.5. The molecule has 0 bridgehead atoms. The molecule has 2 heterocycles. The third-order valence-electron chi connectivity index (χ3n) is 5.69. The Labute approximate surface area is 112 Å². The first-order chi connectivity index (χ1) is 8.95. The molecule has 0 spiro atoms. The predicted octanol–water partition coefficient (Wildman–Crippen LogP) is 1.63. The summed E-state index contributed by atoms with van der Waals surface area (Å²) in [5.74, 6) is 0.149. The van der Waals surface area contributed by atoms with Crippen LogP contribution in [0.5, 0.6) is 0 Å². The van der Waals surface area contributed by atoms with E-state index in [0.717, 1.165) is 24.0 Å². The summed E-state index contributed by atoms with van der Waals surface area (Å²) < 4.78 is 11.2. The van der Waals surface area contributed by atoms with Crippen LogP contribution in [-0.4, -0.2) is 30.1 Å². The largest absolute Gasteiger partial charge is 0.457 e. The molecule has 2 aliphatic carbocycles. The summed E-state index contributed by atoms with van der Waals surface area (Å²) in [5.41, 5.74) is 1.71. The van der Waals surface area contributed by atoms with Gasteiger partial charge in [-0.05, 0) is 30.9 Å². The summed E-state index contributed by atoms with van der Waals surface area (Å²) in [6.45, 7) is 5.97. The van der Waals surface area contributed by atoms with Crippen molar-refractivity contribution in [2.75, 3.05) is 0 Å². The Kier molecular flexibility index (Phi) is 2.02. The first kappa shape index (κ1) is 11.6. The van der Waals surface area contributed by atoms with E-state index in [9.17, 15) is 9.59 Å². The lowest BCUT2D eigenvalue weighted by atomic mass is 9.59. The van der Waals surface area contributed by atoms with Crippen molar-refractivity contribution in [3.05, 3.63) is 11.1 Å². The van der Waals surface area contributed by atoms with E-state index in [1.807, 2.05) is 13.8 Å². The molecule has 0 aromatic heterocycles. The second-order valence-corrected chi connectivity index (χ2v) is 6.65. The van der Waals surface area contributed by atoms with E-state index < -0.39 is 0 Å². The van der Waals surface area contributed by atoms with Crippen molar-refractivity contribution < 1.29 is 19.1 Å². The van der Waals surface area contributed by atoms with Crippen LogP contribution in [0.1, 0.15) is 33.6 Å². The zero-order valence-electron chi connectivity index (χ0n) is 11.4. The molecule has 0 aromatic carbocycles. The average molecular weight is 262 g/mol. The van der Waals surface area contributed by atoms with Crippen LogP contribution in [-0.2, 0) is 19.1 Å². The van der Waals surface area contributed by atoms with Crippen LogP contribution in [0.2, 0.25) is 0 Å². The maximum atomic E-state index is 12.2. The van der Waals surface area contributed by atoms with Gasteiger partial charge in [-0.1, -0.05) is 13.8 Å². The first-order valence-electron chi connectivity index (χ1n) is 7.06. The summed E-state index contributed by atoms with van der Waals surface area (Å²) in [6, 6.07) is 0. The van der Waals surface area contributed by atoms with Crippen LogP contribution < -0.4 is 0 Å². The molecule has 0 amide bonds. The van der Waals surface area contributed by atoms with Gasteiger partial charge in [-0.2, -0.15) is 0 Å². The number of carbonyl (C=O) groups is 2. The van der Waals surface area contributed by atoms with Crippen LogP contribution in [0.3, 0.4) is 0 Å². The molecule has 2 aliphatic heterocycles. The fourth-order valence-corrected chi connectivity index (χ4v) is 4.44. The zero-order valence-corrected chi connectivity index (χ0v) is 11.4. The Hall–Kier alpha value is -1.16. The summed E-state index contributed by atoms with van der Waals surface area (Å²) in [4.78, 5) is 24.0. The van der Waals surface area contributed by atoms with Gasteiger partial charge in [0.15, 0.2) is 5.78 Å². The van der Waals surface area contributed by atoms with Gasteiger partial charge in [-0.15, -0.1) is 0 Å². The fourth-order valence-electron chi connectivity index (χ4n) is 4.44. The van der Waals surface area contributed by atoms with Crippen molar-refractivity contribution in [1.82, 2.24) is 0 Å². The smallest absolute Gasteiger partial charge is 0.309 e. The van der Waals surface area contributed by atoms with Crippen molar-refractivity contribution in [2.24, 2.45) is 17.3 Å².